The van der Waals surface area contributed by atoms with Gasteiger partial charge in [-0.15, -0.1) is 0 Å². The number of nitrogens with zero attached hydrogens (tertiary/aromatic N) is 2. The van der Waals surface area contributed by atoms with Gasteiger partial charge in [0.1, 0.15) is 17.3 Å². The number of methoxy groups -OCH3 is 2. The average Bonchev–Trinajstić information content (AvgIpc) is 2.97. The number of halogens is 5. The molecule has 0 radical (unpaired) electrons. The van der Waals surface area contributed by atoms with Gasteiger partial charge >= 0.3 is 6.18 Å². The number of anilines is 1. The molecule has 1 N–H and O–H groups in total. The summed E-state index contributed by atoms with van der Waals surface area (Å²) in [6.45, 7) is 0.142. The lowest BCUT2D eigenvalue weighted by Gasteiger charge is -2.31. The summed E-state index contributed by atoms with van der Waals surface area (Å²) in [7, 11) is 3.03. The summed E-state index contributed by atoms with van der Waals surface area (Å²) in [6.07, 6.45) is -3.99. The number of hydrogen-bond donors (Lipinski definition) is 1. The average molecular weight is 586 g/mol. The second-order valence-corrected chi connectivity index (χ2v) is 10.1. The van der Waals surface area contributed by atoms with Gasteiger partial charge in [-0.25, -0.2) is 13.8 Å². The van der Waals surface area contributed by atoms with E-state index in [1.807, 2.05) is 0 Å². The van der Waals surface area contributed by atoms with Gasteiger partial charge in [0.2, 0.25) is 0 Å². The minimum atomic E-state index is -5.14. The summed E-state index contributed by atoms with van der Waals surface area (Å²) in [5, 5.41) is 0. The highest BCUT2D eigenvalue weighted by Gasteiger charge is 2.42. The predicted octanol–water partition coefficient (Wildman–Crippen LogP) is 6.56. The van der Waals surface area contributed by atoms with Crippen LogP contribution in [-0.4, -0.2) is 24.2 Å². The van der Waals surface area contributed by atoms with E-state index in [0.29, 0.717) is 34.3 Å². The lowest BCUT2D eigenvalue weighted by Crippen LogP contribution is -2.28. The molecule has 42 heavy (non-hydrogen) atoms. The van der Waals surface area contributed by atoms with Crippen LogP contribution in [0.5, 0.6) is 11.5 Å². The second kappa shape index (κ2) is 11.8. The zero-order valence-corrected chi connectivity index (χ0v) is 22.9. The highest BCUT2D eigenvalue weighted by atomic mass is 19.4. The summed E-state index contributed by atoms with van der Waals surface area (Å²) in [4.78, 5) is 20.3. The molecule has 0 saturated heterocycles. The molecule has 1 aromatic heterocycles. The van der Waals surface area contributed by atoms with Gasteiger partial charge in [0.15, 0.2) is 5.82 Å². The molecule has 5 rings (SSSR count). The molecule has 1 heterocycles. The van der Waals surface area contributed by atoms with Crippen molar-refractivity contribution in [3.8, 4) is 11.5 Å². The maximum absolute atomic E-state index is 16.5. The Morgan fingerprint density at radius 1 is 0.952 bits per heavy atom. The van der Waals surface area contributed by atoms with E-state index < -0.39 is 34.9 Å². The Bertz CT molecular complexity index is 1570. The van der Waals surface area contributed by atoms with Gasteiger partial charge in [0.05, 0.1) is 37.5 Å². The van der Waals surface area contributed by atoms with Crippen molar-refractivity contribution in [2.24, 2.45) is 0 Å². The van der Waals surface area contributed by atoms with Crippen LogP contribution >= 0.6 is 0 Å². The summed E-state index contributed by atoms with van der Waals surface area (Å²) >= 11 is 0. The molecule has 0 fully saturated rings. The van der Waals surface area contributed by atoms with Crippen molar-refractivity contribution in [1.29, 1.82) is 0 Å². The minimum absolute atomic E-state index is 0.0294. The zero-order chi connectivity index (χ0) is 30.0. The standard InChI is InChI=1S/C31H28F5N3O3/c1-41-21-8-3-18(4-9-21)15-39(16-19-5-10-22(42-2)11-6-19)26-14-24(32)28(31(34,35)36)27(29(26)33)20-7-12-23-25(13-20)37-17-38-30(23)40/h3-6,8-11,14,17,20H,7,12-13,15-16H2,1-2H3,(H,37,38,40). The number of aromatic amines is 1. The van der Waals surface area contributed by atoms with E-state index in [9.17, 15) is 18.0 Å². The van der Waals surface area contributed by atoms with Crippen LogP contribution in [0.15, 0.2) is 65.7 Å². The van der Waals surface area contributed by atoms with Crippen molar-refractivity contribution in [2.75, 3.05) is 19.1 Å². The normalized spacial score (nSPS) is 14.8. The zero-order valence-electron chi connectivity index (χ0n) is 22.9. The molecule has 0 amide bonds. The van der Waals surface area contributed by atoms with E-state index in [4.69, 9.17) is 9.47 Å². The summed E-state index contributed by atoms with van der Waals surface area (Å²) in [5.74, 6) is -2.56. The first kappa shape index (κ1) is 29.1. The number of benzene rings is 3. The van der Waals surface area contributed by atoms with Crippen LogP contribution in [0.2, 0.25) is 0 Å². The van der Waals surface area contributed by atoms with Crippen molar-refractivity contribution < 1.29 is 31.4 Å². The quantitative estimate of drug-likeness (QED) is 0.237. The molecular weight excluding hydrogens is 557 g/mol. The first-order valence-corrected chi connectivity index (χ1v) is 13.2. The number of alkyl halides is 3. The molecule has 220 valence electrons. The fourth-order valence-electron chi connectivity index (χ4n) is 5.46. The Labute approximate surface area is 238 Å². The molecule has 1 atom stereocenters. The Kier molecular flexibility index (Phi) is 8.20. The van der Waals surface area contributed by atoms with E-state index in [1.54, 1.807) is 48.5 Å². The SMILES string of the molecule is COc1ccc(CN(Cc2ccc(OC)cc2)c2cc(F)c(C(F)(F)F)c(C3CCc4c(nc[nH]c4=O)C3)c2F)cc1. The van der Waals surface area contributed by atoms with E-state index in [0.717, 1.165) is 6.33 Å². The molecule has 4 aromatic rings. The topological polar surface area (TPSA) is 67.5 Å². The molecule has 1 unspecified atom stereocenters. The Balaban J connectivity index is 1.62. The van der Waals surface area contributed by atoms with Gasteiger partial charge in [-0.2, -0.15) is 13.2 Å². The third-order valence-corrected chi connectivity index (χ3v) is 7.55. The summed E-state index contributed by atoms with van der Waals surface area (Å²) in [6, 6.07) is 14.5. The maximum Gasteiger partial charge on any atom is 0.419 e. The number of nitrogens with one attached hydrogen (secondary N) is 1. The Hall–Kier alpha value is -4.41. The molecule has 0 bridgehead atoms. The summed E-state index contributed by atoms with van der Waals surface area (Å²) < 4.78 is 85.2. The van der Waals surface area contributed by atoms with Gasteiger partial charge in [-0.05, 0) is 60.6 Å². The maximum atomic E-state index is 16.5. The molecule has 1 aliphatic carbocycles. The molecule has 1 aliphatic rings. The number of rotatable bonds is 8. The van der Waals surface area contributed by atoms with Crippen molar-refractivity contribution in [3.63, 3.8) is 0 Å². The van der Waals surface area contributed by atoms with E-state index in [1.165, 1.54) is 19.1 Å². The van der Waals surface area contributed by atoms with Crippen LogP contribution in [-0.2, 0) is 32.1 Å². The second-order valence-electron chi connectivity index (χ2n) is 10.1. The van der Waals surface area contributed by atoms with Crippen molar-refractivity contribution in [1.82, 2.24) is 9.97 Å². The molecule has 0 saturated carbocycles. The largest absolute Gasteiger partial charge is 0.497 e. The fourth-order valence-corrected chi connectivity index (χ4v) is 5.46. The highest BCUT2D eigenvalue weighted by Crippen LogP contribution is 2.45. The Morgan fingerprint density at radius 3 is 2.05 bits per heavy atom. The molecule has 0 spiro atoms. The van der Waals surface area contributed by atoms with Gasteiger partial charge < -0.3 is 19.4 Å². The molecule has 11 heteroatoms. The number of ether oxygens (including phenoxy) is 2. The van der Waals surface area contributed by atoms with Crippen molar-refractivity contribution in [2.45, 2.75) is 44.4 Å². The van der Waals surface area contributed by atoms with Crippen molar-refractivity contribution >= 4 is 5.69 Å². The molecule has 3 aromatic carbocycles. The third kappa shape index (κ3) is 5.95. The van der Waals surface area contributed by atoms with E-state index >= 15 is 8.78 Å². The minimum Gasteiger partial charge on any atom is -0.497 e. The highest BCUT2D eigenvalue weighted by molar-refractivity contribution is 5.56. The van der Waals surface area contributed by atoms with Crippen LogP contribution in [0.25, 0.3) is 0 Å². The van der Waals surface area contributed by atoms with E-state index in [2.05, 4.69) is 9.97 Å². The monoisotopic (exact) mass is 585 g/mol. The number of hydrogen-bond acceptors (Lipinski definition) is 5. The fraction of sp³-hybridized carbons (Fsp3) is 0.290. The number of H-pyrrole nitrogens is 1. The Morgan fingerprint density at radius 2 is 1.52 bits per heavy atom. The molecule has 6 nitrogen and oxygen atoms in total. The van der Waals surface area contributed by atoms with Gasteiger partial charge in [0, 0.05) is 30.3 Å². The van der Waals surface area contributed by atoms with Crippen LogP contribution < -0.4 is 19.9 Å². The van der Waals surface area contributed by atoms with Crippen LogP contribution in [0, 0.1) is 11.6 Å². The van der Waals surface area contributed by atoms with Crippen LogP contribution in [0.3, 0.4) is 0 Å². The first-order chi connectivity index (χ1) is 20.1. The number of fused-ring (bicyclic) bond motifs is 1. The number of aromatic nitrogens is 2. The first-order valence-electron chi connectivity index (χ1n) is 13.2. The van der Waals surface area contributed by atoms with Gasteiger partial charge in [-0.1, -0.05) is 24.3 Å². The van der Waals surface area contributed by atoms with E-state index in [-0.39, 0.29) is 49.3 Å². The van der Waals surface area contributed by atoms with Crippen molar-refractivity contribution in [3.05, 3.63) is 116 Å². The summed E-state index contributed by atoms with van der Waals surface area (Å²) in [5.41, 5.74) is -1.02. The molecule has 0 aliphatic heterocycles. The smallest absolute Gasteiger partial charge is 0.419 e. The lowest BCUT2D eigenvalue weighted by atomic mass is 9.80. The third-order valence-electron chi connectivity index (χ3n) is 7.55. The van der Waals surface area contributed by atoms with Gasteiger partial charge in [0.25, 0.3) is 5.56 Å². The molecular formula is C31H28F5N3O3. The predicted molar refractivity (Wildman–Crippen MR) is 147 cm³/mol. The van der Waals surface area contributed by atoms with Crippen LogP contribution in [0.4, 0.5) is 27.6 Å². The van der Waals surface area contributed by atoms with Crippen LogP contribution in [0.1, 0.15) is 45.8 Å². The lowest BCUT2D eigenvalue weighted by molar-refractivity contribution is -0.141. The van der Waals surface area contributed by atoms with Gasteiger partial charge in [-0.3, -0.25) is 4.79 Å².